The van der Waals surface area contributed by atoms with Crippen LogP contribution < -0.4 is 14.2 Å². The SMILES string of the molecule is COc1cc(CC2C(=O)COCC2Cc2ccc(OC)c(OC)c2)ccc1O. The van der Waals surface area contributed by atoms with Crippen molar-refractivity contribution in [3.8, 4) is 23.0 Å². The van der Waals surface area contributed by atoms with Gasteiger partial charge in [0.15, 0.2) is 28.8 Å². The largest absolute Gasteiger partial charge is 0.504 e. The molecule has 2 atom stereocenters. The van der Waals surface area contributed by atoms with E-state index in [-0.39, 0.29) is 30.0 Å². The minimum absolute atomic E-state index is 0.0548. The minimum Gasteiger partial charge on any atom is -0.504 e. The van der Waals surface area contributed by atoms with E-state index >= 15 is 0 Å². The highest BCUT2D eigenvalue weighted by Gasteiger charge is 2.33. The fourth-order valence-electron chi connectivity index (χ4n) is 3.69. The molecule has 1 N–H and O–H groups in total. The number of aromatic hydroxyl groups is 1. The molecule has 0 aliphatic carbocycles. The van der Waals surface area contributed by atoms with E-state index in [2.05, 4.69) is 0 Å². The zero-order chi connectivity index (χ0) is 20.1. The normalized spacial score (nSPS) is 19.3. The van der Waals surface area contributed by atoms with Gasteiger partial charge in [0.1, 0.15) is 6.61 Å². The van der Waals surface area contributed by atoms with E-state index in [1.54, 1.807) is 26.4 Å². The van der Waals surface area contributed by atoms with Gasteiger partial charge < -0.3 is 24.1 Å². The summed E-state index contributed by atoms with van der Waals surface area (Å²) < 4.78 is 21.4. The zero-order valence-electron chi connectivity index (χ0n) is 16.4. The lowest BCUT2D eigenvalue weighted by Crippen LogP contribution is -2.38. The molecule has 1 heterocycles. The first-order valence-corrected chi connectivity index (χ1v) is 9.23. The number of hydrogen-bond donors (Lipinski definition) is 1. The lowest BCUT2D eigenvalue weighted by atomic mass is 9.79. The molecular formula is C22H26O6. The number of methoxy groups -OCH3 is 3. The van der Waals surface area contributed by atoms with E-state index in [1.165, 1.54) is 7.11 Å². The summed E-state index contributed by atoms with van der Waals surface area (Å²) in [6.45, 7) is 0.669. The van der Waals surface area contributed by atoms with E-state index in [1.807, 2.05) is 24.3 Å². The molecule has 3 rings (SSSR count). The third-order valence-electron chi connectivity index (χ3n) is 5.20. The van der Waals surface area contributed by atoms with Crippen molar-refractivity contribution in [2.24, 2.45) is 11.8 Å². The van der Waals surface area contributed by atoms with Crippen LogP contribution in [0, 0.1) is 11.8 Å². The number of hydrogen-bond acceptors (Lipinski definition) is 6. The van der Waals surface area contributed by atoms with Crippen LogP contribution in [0.3, 0.4) is 0 Å². The Morgan fingerprint density at radius 3 is 2.29 bits per heavy atom. The number of Topliss-reactive ketones (excluding diaryl/α,β-unsaturated/α-hetero) is 1. The van der Waals surface area contributed by atoms with E-state index < -0.39 is 0 Å². The second kappa shape index (κ2) is 8.97. The van der Waals surface area contributed by atoms with Crippen LogP contribution in [0.4, 0.5) is 0 Å². The van der Waals surface area contributed by atoms with Crippen molar-refractivity contribution in [1.82, 2.24) is 0 Å². The van der Waals surface area contributed by atoms with Crippen molar-refractivity contribution in [3.05, 3.63) is 47.5 Å². The van der Waals surface area contributed by atoms with Crippen LogP contribution in [0.2, 0.25) is 0 Å². The topological polar surface area (TPSA) is 74.2 Å². The molecule has 2 aromatic rings. The first-order chi connectivity index (χ1) is 13.5. The minimum atomic E-state index is -0.156. The highest BCUT2D eigenvalue weighted by Crippen LogP contribution is 2.33. The summed E-state index contributed by atoms with van der Waals surface area (Å²) in [5.41, 5.74) is 2.02. The number of phenols is 1. The summed E-state index contributed by atoms with van der Waals surface area (Å²) >= 11 is 0. The van der Waals surface area contributed by atoms with Crippen molar-refractivity contribution in [1.29, 1.82) is 0 Å². The van der Waals surface area contributed by atoms with E-state index in [0.717, 1.165) is 11.1 Å². The molecular weight excluding hydrogens is 360 g/mol. The Morgan fingerprint density at radius 1 is 0.929 bits per heavy atom. The summed E-state index contributed by atoms with van der Waals surface area (Å²) in [5.74, 6) is 1.84. The molecule has 6 nitrogen and oxygen atoms in total. The first-order valence-electron chi connectivity index (χ1n) is 9.23. The second-order valence-corrected chi connectivity index (χ2v) is 6.95. The number of phenolic OH excluding ortho intramolecular Hbond substituents is 1. The van der Waals surface area contributed by atoms with Crippen LogP contribution in [-0.2, 0) is 22.4 Å². The predicted molar refractivity (Wildman–Crippen MR) is 104 cm³/mol. The van der Waals surface area contributed by atoms with Gasteiger partial charge in [0.25, 0.3) is 0 Å². The highest BCUT2D eigenvalue weighted by atomic mass is 16.5. The molecule has 6 heteroatoms. The van der Waals surface area contributed by atoms with E-state index in [4.69, 9.17) is 18.9 Å². The molecule has 2 unspecified atom stereocenters. The molecule has 28 heavy (non-hydrogen) atoms. The molecule has 0 amide bonds. The summed E-state index contributed by atoms with van der Waals surface area (Å²) in [6, 6.07) is 11.0. The van der Waals surface area contributed by atoms with Crippen molar-refractivity contribution >= 4 is 5.78 Å². The van der Waals surface area contributed by atoms with E-state index in [0.29, 0.717) is 36.7 Å². The second-order valence-electron chi connectivity index (χ2n) is 6.95. The van der Waals surface area contributed by atoms with Crippen molar-refractivity contribution in [2.75, 3.05) is 34.5 Å². The molecule has 0 radical (unpaired) electrons. The van der Waals surface area contributed by atoms with Crippen LogP contribution in [0.15, 0.2) is 36.4 Å². The number of carbonyl (C=O) groups excluding carboxylic acids is 1. The molecule has 1 fully saturated rings. The molecule has 0 bridgehead atoms. The summed E-state index contributed by atoms with van der Waals surface area (Å²) in [5, 5.41) is 9.80. The van der Waals surface area contributed by atoms with Crippen molar-refractivity contribution in [2.45, 2.75) is 12.8 Å². The number of rotatable bonds is 7. The number of ketones is 1. The van der Waals surface area contributed by atoms with Crippen LogP contribution >= 0.6 is 0 Å². The fraction of sp³-hybridized carbons (Fsp3) is 0.409. The molecule has 1 aliphatic rings. The van der Waals surface area contributed by atoms with Gasteiger partial charge in [-0.05, 0) is 54.2 Å². The van der Waals surface area contributed by atoms with Gasteiger partial charge in [-0.1, -0.05) is 12.1 Å². The Bertz CT molecular complexity index is 832. The van der Waals surface area contributed by atoms with Crippen LogP contribution in [0.25, 0.3) is 0 Å². The van der Waals surface area contributed by atoms with Gasteiger partial charge in [-0.2, -0.15) is 0 Å². The smallest absolute Gasteiger partial charge is 0.162 e. The fourth-order valence-corrected chi connectivity index (χ4v) is 3.69. The third kappa shape index (κ3) is 4.39. The van der Waals surface area contributed by atoms with Gasteiger partial charge in [-0.3, -0.25) is 4.79 Å². The average Bonchev–Trinajstić information content (AvgIpc) is 2.71. The van der Waals surface area contributed by atoms with Gasteiger partial charge in [-0.25, -0.2) is 0 Å². The van der Waals surface area contributed by atoms with Crippen molar-refractivity contribution in [3.63, 3.8) is 0 Å². The van der Waals surface area contributed by atoms with Crippen LogP contribution in [-0.4, -0.2) is 45.4 Å². The van der Waals surface area contributed by atoms with Gasteiger partial charge in [0, 0.05) is 5.92 Å². The Kier molecular flexibility index (Phi) is 6.41. The Balaban J connectivity index is 1.80. The van der Waals surface area contributed by atoms with Crippen molar-refractivity contribution < 1.29 is 28.8 Å². The Labute approximate surface area is 165 Å². The molecule has 0 saturated carbocycles. The maximum absolute atomic E-state index is 12.6. The molecule has 150 valence electrons. The monoisotopic (exact) mass is 386 g/mol. The van der Waals surface area contributed by atoms with E-state index in [9.17, 15) is 9.90 Å². The molecule has 1 aliphatic heterocycles. The maximum atomic E-state index is 12.6. The molecule has 0 spiro atoms. The number of benzene rings is 2. The zero-order valence-corrected chi connectivity index (χ0v) is 16.4. The predicted octanol–water partition coefficient (Wildman–Crippen LogP) is 3.03. The van der Waals surface area contributed by atoms with Gasteiger partial charge in [0.2, 0.25) is 0 Å². The lowest BCUT2D eigenvalue weighted by molar-refractivity contribution is -0.136. The molecule has 1 saturated heterocycles. The summed E-state index contributed by atoms with van der Waals surface area (Å²) in [6.07, 6.45) is 1.28. The summed E-state index contributed by atoms with van der Waals surface area (Å²) in [7, 11) is 4.72. The average molecular weight is 386 g/mol. The van der Waals surface area contributed by atoms with Crippen LogP contribution in [0.5, 0.6) is 23.0 Å². The van der Waals surface area contributed by atoms with Gasteiger partial charge in [0.05, 0.1) is 27.9 Å². The van der Waals surface area contributed by atoms with Crippen LogP contribution in [0.1, 0.15) is 11.1 Å². The van der Waals surface area contributed by atoms with Gasteiger partial charge >= 0.3 is 0 Å². The Morgan fingerprint density at radius 2 is 1.57 bits per heavy atom. The van der Waals surface area contributed by atoms with Gasteiger partial charge in [-0.15, -0.1) is 0 Å². The quantitative estimate of drug-likeness (QED) is 0.788. The summed E-state index contributed by atoms with van der Waals surface area (Å²) in [4.78, 5) is 12.6. The Hall–Kier alpha value is -2.73. The number of carbonyl (C=O) groups is 1. The standard InChI is InChI=1S/C22H26O6/c1-25-20-7-5-14(11-22(20)27-3)8-16-12-28-13-19(24)17(16)9-15-4-6-18(23)21(10-15)26-2/h4-7,10-11,16-17,23H,8-9,12-13H2,1-3H3. The first kappa shape index (κ1) is 20.0. The molecule has 2 aromatic carbocycles. The maximum Gasteiger partial charge on any atom is 0.162 e. The number of ether oxygens (including phenoxy) is 4. The highest BCUT2D eigenvalue weighted by molar-refractivity contribution is 5.83. The third-order valence-corrected chi connectivity index (χ3v) is 5.20. The molecule has 0 aromatic heterocycles. The lowest BCUT2D eigenvalue weighted by Gasteiger charge is -2.31.